The lowest BCUT2D eigenvalue weighted by atomic mass is 9.88. The van der Waals surface area contributed by atoms with Gasteiger partial charge in [0.05, 0.1) is 22.1 Å². The molecule has 0 unspecified atom stereocenters. The molecular formula is C49H30ClNO2. The fraction of sp³-hybridized carbons (Fsp3) is 0.0204. The summed E-state index contributed by atoms with van der Waals surface area (Å²) in [6, 6.07) is 57.7. The van der Waals surface area contributed by atoms with E-state index in [2.05, 4.69) is 139 Å². The molecular weight excluding hydrogens is 670 g/mol. The minimum Gasteiger partial charge on any atom is -0.456 e. The molecule has 0 aliphatic carbocycles. The minimum absolute atomic E-state index is 0.685. The zero-order valence-corrected chi connectivity index (χ0v) is 29.5. The maximum absolute atomic E-state index is 7.09. The van der Waals surface area contributed by atoms with Crippen molar-refractivity contribution in [3.8, 4) is 44.5 Å². The third kappa shape index (κ3) is 4.48. The summed E-state index contributed by atoms with van der Waals surface area (Å²) in [5.41, 5.74) is 17.0. The summed E-state index contributed by atoms with van der Waals surface area (Å²) in [6.07, 6.45) is 0. The number of furan rings is 2. The molecule has 0 bridgehead atoms. The topological polar surface area (TPSA) is 29.5 Å². The summed E-state index contributed by atoms with van der Waals surface area (Å²) >= 11 is 7.09. The number of rotatable bonds is 3. The molecule has 10 aromatic rings. The standard InChI is InChI=1S/C49H30ClNO2/c1-29-11-8-16-34-37-27-30(32-14-9-21-45-48(32)35-12-2-6-19-43(35)52-45)23-25-40(37)51(42-18-5-4-17-39(42)50)41-26-24-31(28-38(41)47(29)34)33-15-10-22-46-49(33)36-13-3-7-20-44(36)53-46/h2-28H,1H3. The van der Waals surface area contributed by atoms with Crippen molar-refractivity contribution in [1.82, 2.24) is 0 Å². The first kappa shape index (κ1) is 30.1. The third-order valence-electron chi connectivity index (χ3n) is 10.8. The highest BCUT2D eigenvalue weighted by atomic mass is 35.5. The second-order valence-electron chi connectivity index (χ2n) is 13.8. The smallest absolute Gasteiger partial charge is 0.136 e. The second-order valence-corrected chi connectivity index (χ2v) is 14.2. The summed E-state index contributed by atoms with van der Waals surface area (Å²) in [5.74, 6) is 0. The van der Waals surface area contributed by atoms with E-state index in [4.69, 9.17) is 20.4 Å². The van der Waals surface area contributed by atoms with Crippen molar-refractivity contribution >= 4 is 72.5 Å². The molecule has 11 rings (SSSR count). The van der Waals surface area contributed by atoms with E-state index in [0.717, 1.165) is 94.3 Å². The first-order chi connectivity index (χ1) is 26.1. The minimum atomic E-state index is 0.685. The normalized spacial score (nSPS) is 12.3. The number of hydrogen-bond donors (Lipinski definition) is 0. The van der Waals surface area contributed by atoms with Gasteiger partial charge in [0.15, 0.2) is 0 Å². The van der Waals surface area contributed by atoms with Gasteiger partial charge in [0.1, 0.15) is 22.3 Å². The van der Waals surface area contributed by atoms with E-state index in [9.17, 15) is 0 Å². The summed E-state index contributed by atoms with van der Waals surface area (Å²) in [5, 5.41) is 5.16. The van der Waals surface area contributed by atoms with Crippen LogP contribution >= 0.6 is 11.6 Å². The van der Waals surface area contributed by atoms with Crippen LogP contribution in [0.3, 0.4) is 0 Å². The number of anilines is 3. The van der Waals surface area contributed by atoms with Gasteiger partial charge < -0.3 is 13.7 Å². The average Bonchev–Trinajstić information content (AvgIpc) is 3.74. The zero-order chi connectivity index (χ0) is 35.2. The first-order valence-corrected chi connectivity index (χ1v) is 18.2. The van der Waals surface area contributed by atoms with E-state index in [-0.39, 0.29) is 0 Å². The maximum Gasteiger partial charge on any atom is 0.136 e. The molecule has 0 spiro atoms. The highest BCUT2D eigenvalue weighted by Crippen LogP contribution is 2.54. The molecule has 1 aliphatic rings. The van der Waals surface area contributed by atoms with Gasteiger partial charge in [-0.1, -0.05) is 115 Å². The summed E-state index contributed by atoms with van der Waals surface area (Å²) < 4.78 is 12.6. The number of nitrogens with zero attached hydrogens (tertiary/aromatic N) is 1. The Bertz CT molecular complexity index is 3110. The summed E-state index contributed by atoms with van der Waals surface area (Å²) in [7, 11) is 0. The fourth-order valence-electron chi connectivity index (χ4n) is 8.52. The van der Waals surface area contributed by atoms with Gasteiger partial charge >= 0.3 is 0 Å². The van der Waals surface area contributed by atoms with E-state index < -0.39 is 0 Å². The van der Waals surface area contributed by atoms with Crippen molar-refractivity contribution < 1.29 is 8.83 Å². The molecule has 0 saturated carbocycles. The van der Waals surface area contributed by atoms with Gasteiger partial charge in [-0.15, -0.1) is 0 Å². The van der Waals surface area contributed by atoms with Crippen LogP contribution in [0.1, 0.15) is 5.56 Å². The fourth-order valence-corrected chi connectivity index (χ4v) is 8.74. The van der Waals surface area contributed by atoms with Gasteiger partial charge in [-0.05, 0) is 107 Å². The highest BCUT2D eigenvalue weighted by molar-refractivity contribution is 6.33. The van der Waals surface area contributed by atoms with Crippen LogP contribution < -0.4 is 4.90 Å². The largest absolute Gasteiger partial charge is 0.456 e. The van der Waals surface area contributed by atoms with Crippen LogP contribution in [0.15, 0.2) is 173 Å². The van der Waals surface area contributed by atoms with E-state index in [0.29, 0.717) is 5.02 Å². The van der Waals surface area contributed by atoms with Crippen molar-refractivity contribution in [2.24, 2.45) is 0 Å². The maximum atomic E-state index is 7.09. The quantitative estimate of drug-likeness (QED) is 0.184. The van der Waals surface area contributed by atoms with Crippen molar-refractivity contribution in [3.63, 3.8) is 0 Å². The molecule has 3 nitrogen and oxygen atoms in total. The molecule has 4 heteroatoms. The van der Waals surface area contributed by atoms with Crippen molar-refractivity contribution in [3.05, 3.63) is 174 Å². The van der Waals surface area contributed by atoms with E-state index >= 15 is 0 Å². The second kappa shape index (κ2) is 11.5. The van der Waals surface area contributed by atoms with Gasteiger partial charge in [-0.25, -0.2) is 0 Å². The molecule has 53 heavy (non-hydrogen) atoms. The summed E-state index contributed by atoms with van der Waals surface area (Å²) in [4.78, 5) is 2.33. The van der Waals surface area contributed by atoms with Crippen LogP contribution in [-0.2, 0) is 0 Å². The van der Waals surface area contributed by atoms with Gasteiger partial charge in [0.2, 0.25) is 0 Å². The van der Waals surface area contributed by atoms with Gasteiger partial charge in [-0.3, -0.25) is 0 Å². The monoisotopic (exact) mass is 699 g/mol. The lowest BCUT2D eigenvalue weighted by molar-refractivity contribution is 0.668. The molecule has 0 radical (unpaired) electrons. The van der Waals surface area contributed by atoms with E-state index in [1.807, 2.05) is 36.4 Å². The molecule has 0 fully saturated rings. The number of para-hydroxylation sites is 3. The Kier molecular flexibility index (Phi) is 6.52. The Labute approximate surface area is 310 Å². The Hall–Kier alpha value is -6.55. The van der Waals surface area contributed by atoms with Crippen LogP contribution in [0.2, 0.25) is 5.02 Å². The molecule has 0 N–H and O–H groups in total. The van der Waals surface area contributed by atoms with Crippen molar-refractivity contribution in [2.75, 3.05) is 4.90 Å². The van der Waals surface area contributed by atoms with Crippen molar-refractivity contribution in [1.29, 1.82) is 0 Å². The molecule has 2 aromatic heterocycles. The average molecular weight is 700 g/mol. The number of aryl methyl sites for hydroxylation is 1. The molecule has 1 aliphatic heterocycles. The number of fused-ring (bicyclic) bond motifs is 11. The Morgan fingerprint density at radius 2 is 0.925 bits per heavy atom. The lowest BCUT2D eigenvalue weighted by Gasteiger charge is -2.28. The Morgan fingerprint density at radius 3 is 1.57 bits per heavy atom. The molecule has 0 amide bonds. The van der Waals surface area contributed by atoms with Crippen LogP contribution in [0.4, 0.5) is 17.1 Å². The third-order valence-corrected chi connectivity index (χ3v) is 11.1. The first-order valence-electron chi connectivity index (χ1n) is 17.9. The predicted octanol–water partition coefficient (Wildman–Crippen LogP) is 14.9. The molecule has 3 heterocycles. The highest BCUT2D eigenvalue weighted by Gasteiger charge is 2.29. The van der Waals surface area contributed by atoms with Gasteiger partial charge in [0.25, 0.3) is 0 Å². The SMILES string of the molecule is Cc1cccc2c1-c1cc(-c3cccc4oc5ccccc5c34)ccc1N(c1ccccc1Cl)c1ccc(-c3cccc4oc5ccccc5c34)cc1-2. The molecule has 8 aromatic carbocycles. The molecule has 250 valence electrons. The zero-order valence-electron chi connectivity index (χ0n) is 28.7. The molecule has 0 saturated heterocycles. The number of benzene rings is 8. The van der Waals surface area contributed by atoms with Crippen LogP contribution in [0.5, 0.6) is 0 Å². The Morgan fingerprint density at radius 1 is 0.415 bits per heavy atom. The Balaban J connectivity index is 1.20. The van der Waals surface area contributed by atoms with Crippen LogP contribution in [-0.4, -0.2) is 0 Å². The van der Waals surface area contributed by atoms with Crippen LogP contribution in [0, 0.1) is 6.92 Å². The van der Waals surface area contributed by atoms with E-state index in [1.54, 1.807) is 0 Å². The van der Waals surface area contributed by atoms with Crippen molar-refractivity contribution in [2.45, 2.75) is 6.92 Å². The molecule has 0 atom stereocenters. The van der Waals surface area contributed by atoms with Gasteiger partial charge in [0, 0.05) is 32.7 Å². The van der Waals surface area contributed by atoms with Crippen LogP contribution in [0.25, 0.3) is 88.4 Å². The number of hydrogen-bond acceptors (Lipinski definition) is 3. The van der Waals surface area contributed by atoms with E-state index in [1.165, 1.54) is 16.7 Å². The lowest BCUT2D eigenvalue weighted by Crippen LogP contribution is -2.11. The summed E-state index contributed by atoms with van der Waals surface area (Å²) in [6.45, 7) is 2.21. The number of halogens is 1. The van der Waals surface area contributed by atoms with Gasteiger partial charge in [-0.2, -0.15) is 0 Å². The predicted molar refractivity (Wildman–Crippen MR) is 221 cm³/mol.